The number of nitrogens with zero attached hydrogens (tertiary/aromatic N) is 2. The minimum Gasteiger partial charge on any atom is -0.339 e. The van der Waals surface area contributed by atoms with E-state index in [0.29, 0.717) is 5.92 Å². The Hall–Kier alpha value is -7.23. The topological polar surface area (TPSA) is 29.3 Å². The second-order valence-corrected chi connectivity index (χ2v) is 18.5. The fraction of sp³-hybridized carbons (Fsp3) is 0.177. The molecular formula is C62H53N3. The van der Waals surface area contributed by atoms with E-state index in [1.807, 2.05) is 0 Å². The van der Waals surface area contributed by atoms with Crippen LogP contribution >= 0.6 is 0 Å². The lowest BCUT2D eigenvalue weighted by molar-refractivity contribution is 0.695. The summed E-state index contributed by atoms with van der Waals surface area (Å²) >= 11 is 0. The number of aliphatic imine (C=N–C) groups is 1. The van der Waals surface area contributed by atoms with Gasteiger partial charge in [0.25, 0.3) is 0 Å². The van der Waals surface area contributed by atoms with Gasteiger partial charge in [-0.05, 0) is 150 Å². The van der Waals surface area contributed by atoms with Crippen molar-refractivity contribution in [1.82, 2.24) is 9.88 Å². The zero-order valence-electron chi connectivity index (χ0n) is 37.5. The summed E-state index contributed by atoms with van der Waals surface area (Å²) in [6, 6.07) is 50.9. The van der Waals surface area contributed by atoms with E-state index >= 15 is 0 Å². The molecule has 7 aromatic rings. The van der Waals surface area contributed by atoms with Crippen LogP contribution in [0.15, 0.2) is 231 Å². The third kappa shape index (κ3) is 6.67. The summed E-state index contributed by atoms with van der Waals surface area (Å²) in [4.78, 5) is 5.43. The van der Waals surface area contributed by atoms with Crippen molar-refractivity contribution >= 4 is 44.5 Å². The second kappa shape index (κ2) is 16.1. The van der Waals surface area contributed by atoms with Gasteiger partial charge < -0.3 is 9.88 Å². The van der Waals surface area contributed by atoms with Crippen molar-refractivity contribution in [2.24, 2.45) is 10.9 Å². The number of hydrogen-bond acceptors (Lipinski definition) is 2. The summed E-state index contributed by atoms with van der Waals surface area (Å²) in [5.41, 5.74) is 22.8. The fourth-order valence-electron chi connectivity index (χ4n) is 11.6. The van der Waals surface area contributed by atoms with Crippen molar-refractivity contribution in [1.29, 1.82) is 0 Å². The van der Waals surface area contributed by atoms with E-state index in [0.717, 1.165) is 49.9 Å². The lowest BCUT2D eigenvalue weighted by Gasteiger charge is -2.35. The summed E-state index contributed by atoms with van der Waals surface area (Å²) in [6.45, 7) is 7.10. The predicted molar refractivity (Wildman–Crippen MR) is 273 cm³/mol. The largest absolute Gasteiger partial charge is 0.339 e. The number of aromatic nitrogens is 1. The molecule has 5 aliphatic rings. The highest BCUT2D eigenvalue weighted by Crippen LogP contribution is 2.47. The normalized spacial score (nSPS) is 20.4. The SMILES string of the molecule is CC1=Cc2ccc(-n3c4ccccc4c4c5ccccc5ccc43)cc2CC1C1=C(/C(C)=C2/CC=C3C=CCCC3=C2C2=C(C)C(c3ccccc3)N=C(c3ccccc3)N2)CCC=C1. The molecule has 2 heterocycles. The number of rotatable bonds is 6. The molecule has 1 aliphatic heterocycles. The maximum Gasteiger partial charge on any atom is 0.133 e. The first-order chi connectivity index (χ1) is 32.0. The lowest BCUT2D eigenvalue weighted by Crippen LogP contribution is -2.33. The first-order valence-corrected chi connectivity index (χ1v) is 23.6. The molecule has 2 atom stereocenters. The van der Waals surface area contributed by atoms with Gasteiger partial charge >= 0.3 is 0 Å². The van der Waals surface area contributed by atoms with Crippen LogP contribution in [0.4, 0.5) is 0 Å². The van der Waals surface area contributed by atoms with Crippen LogP contribution in [0.3, 0.4) is 0 Å². The third-order valence-electron chi connectivity index (χ3n) is 14.8. The quantitative estimate of drug-likeness (QED) is 0.178. The number of nitrogens with one attached hydrogen (secondary N) is 1. The van der Waals surface area contributed by atoms with E-state index in [4.69, 9.17) is 4.99 Å². The molecule has 0 fully saturated rings. The first kappa shape index (κ1) is 39.4. The Balaban J connectivity index is 0.977. The average Bonchev–Trinajstić information content (AvgIpc) is 3.71. The molecule has 12 rings (SSSR count). The first-order valence-electron chi connectivity index (χ1n) is 23.6. The second-order valence-electron chi connectivity index (χ2n) is 18.5. The van der Waals surface area contributed by atoms with Crippen molar-refractivity contribution in [3.05, 3.63) is 248 Å². The van der Waals surface area contributed by atoms with Crippen LogP contribution in [0.5, 0.6) is 0 Å². The molecule has 0 bridgehead atoms. The zero-order chi connectivity index (χ0) is 43.6. The number of allylic oxidation sites excluding steroid dienone is 12. The zero-order valence-corrected chi connectivity index (χ0v) is 37.5. The van der Waals surface area contributed by atoms with Gasteiger partial charge in [0.2, 0.25) is 0 Å². The summed E-state index contributed by atoms with van der Waals surface area (Å²) in [5, 5.41) is 9.20. The highest BCUT2D eigenvalue weighted by molar-refractivity contribution is 6.21. The van der Waals surface area contributed by atoms with Gasteiger partial charge in [-0.25, -0.2) is 0 Å². The molecule has 316 valence electrons. The minimum atomic E-state index is -0.0833. The Bertz CT molecular complexity index is 3410. The molecule has 2 unspecified atom stereocenters. The molecule has 4 aliphatic carbocycles. The summed E-state index contributed by atoms with van der Waals surface area (Å²) < 4.78 is 2.49. The van der Waals surface area contributed by atoms with Crippen molar-refractivity contribution in [2.45, 2.75) is 65.3 Å². The Morgan fingerprint density at radius 1 is 0.723 bits per heavy atom. The standard InChI is InChI=1S/C62H53N3/c1-39-36-46-30-33-48(65-56-29-17-16-28-54(56)58-51-25-12-10-19-43(51)32-35-57(58)65)37-47(46)38-55(39)53-27-15-14-24-49(53)40(2)50-34-31-42-18-11-13-26-52(42)59(50)61-41(3)60(44-20-6-4-7-21-44)63-62(64-61)45-22-8-5-9-23-45/h4-12,15-23,25,27-33,35-37,55,60H,13-14,24,26,34,38H2,1-3H3,(H,63,64)/b50-40-. The monoisotopic (exact) mass is 839 g/mol. The van der Waals surface area contributed by atoms with E-state index in [9.17, 15) is 0 Å². The highest BCUT2D eigenvalue weighted by Gasteiger charge is 2.33. The molecule has 3 heteroatoms. The minimum absolute atomic E-state index is 0.0833. The highest BCUT2D eigenvalue weighted by atomic mass is 15.1. The van der Waals surface area contributed by atoms with E-state index in [1.165, 1.54) is 111 Å². The van der Waals surface area contributed by atoms with Crippen molar-refractivity contribution < 1.29 is 0 Å². The van der Waals surface area contributed by atoms with Gasteiger partial charge in [0.1, 0.15) is 11.9 Å². The average molecular weight is 840 g/mol. The van der Waals surface area contributed by atoms with Crippen LogP contribution in [-0.2, 0) is 6.42 Å². The van der Waals surface area contributed by atoms with E-state index < -0.39 is 0 Å². The molecule has 65 heavy (non-hydrogen) atoms. The Morgan fingerprint density at radius 3 is 2.34 bits per heavy atom. The van der Waals surface area contributed by atoms with E-state index in [-0.39, 0.29) is 6.04 Å². The van der Waals surface area contributed by atoms with Gasteiger partial charge in [-0.1, -0.05) is 157 Å². The molecule has 0 saturated heterocycles. The molecule has 6 aromatic carbocycles. The molecule has 1 aromatic heterocycles. The maximum atomic E-state index is 5.43. The van der Waals surface area contributed by atoms with Gasteiger partial charge in [0.05, 0.1) is 11.0 Å². The fourth-order valence-corrected chi connectivity index (χ4v) is 11.6. The van der Waals surface area contributed by atoms with Gasteiger partial charge in [0.15, 0.2) is 0 Å². The molecular weight excluding hydrogens is 787 g/mol. The number of fused-ring (bicyclic) bond motifs is 7. The number of amidine groups is 1. The number of para-hydroxylation sites is 1. The van der Waals surface area contributed by atoms with Crippen LogP contribution in [0, 0.1) is 5.92 Å². The Kier molecular flexibility index (Phi) is 9.74. The van der Waals surface area contributed by atoms with Gasteiger partial charge in [-0.3, -0.25) is 4.99 Å². The van der Waals surface area contributed by atoms with Crippen LogP contribution in [0.25, 0.3) is 44.3 Å². The number of hydrogen-bond donors (Lipinski definition) is 1. The molecule has 1 N–H and O–H groups in total. The van der Waals surface area contributed by atoms with Gasteiger partial charge in [0, 0.05) is 39.2 Å². The van der Waals surface area contributed by atoms with Crippen LogP contribution < -0.4 is 5.32 Å². The summed E-state index contributed by atoms with van der Waals surface area (Å²) in [7, 11) is 0. The van der Waals surface area contributed by atoms with Gasteiger partial charge in [-0.15, -0.1) is 0 Å². The molecule has 3 nitrogen and oxygen atoms in total. The maximum absolute atomic E-state index is 5.43. The molecule has 0 amide bonds. The molecule has 0 saturated carbocycles. The smallest absolute Gasteiger partial charge is 0.133 e. The number of benzene rings is 6. The van der Waals surface area contributed by atoms with Crippen molar-refractivity contribution in [3.63, 3.8) is 0 Å². The Morgan fingerprint density at radius 2 is 1.48 bits per heavy atom. The lowest BCUT2D eigenvalue weighted by atomic mass is 9.72. The molecule has 0 radical (unpaired) electrons. The van der Waals surface area contributed by atoms with Crippen LogP contribution in [-0.4, -0.2) is 10.4 Å². The predicted octanol–water partition coefficient (Wildman–Crippen LogP) is 15.5. The third-order valence-corrected chi connectivity index (χ3v) is 14.8. The van der Waals surface area contributed by atoms with E-state index in [2.05, 4.69) is 207 Å². The Labute approximate surface area is 382 Å². The van der Waals surface area contributed by atoms with Crippen molar-refractivity contribution in [3.8, 4) is 5.69 Å². The van der Waals surface area contributed by atoms with Gasteiger partial charge in [-0.2, -0.15) is 0 Å². The van der Waals surface area contributed by atoms with Crippen LogP contribution in [0.2, 0.25) is 0 Å². The molecule has 0 spiro atoms. The van der Waals surface area contributed by atoms with Crippen LogP contribution in [0.1, 0.15) is 81.2 Å². The summed E-state index contributed by atoms with van der Waals surface area (Å²) in [6.07, 6.45) is 20.6. The van der Waals surface area contributed by atoms with Crippen molar-refractivity contribution in [2.75, 3.05) is 0 Å². The van der Waals surface area contributed by atoms with E-state index in [1.54, 1.807) is 0 Å². The summed E-state index contributed by atoms with van der Waals surface area (Å²) in [5.74, 6) is 1.22.